The van der Waals surface area contributed by atoms with Crippen LogP contribution in [0.15, 0.2) is 0 Å². The largest absolute Gasteiger partial charge is 0.389 e. The summed E-state index contributed by atoms with van der Waals surface area (Å²) in [6.07, 6.45) is 8.67. The van der Waals surface area contributed by atoms with Gasteiger partial charge in [0, 0.05) is 50.1 Å². The Morgan fingerprint density at radius 3 is 1.97 bits per heavy atom. The number of aliphatic hydroxyl groups is 1. The van der Waals surface area contributed by atoms with Gasteiger partial charge in [-0.15, -0.1) is 0 Å². The standard InChI is InChI=1S/C24H37F2N3O2/c25-24(26)3-1-23(31,2-4-24)15-29-13-19-8-20(29)12-28(19)14-21(30)27-22-9-16-5-17(10-22)7-18(6-16)11-22/h16-20,31H,1-15H2,(H,27,30)/t16?,17?,18?,19-,20-,22?/m0/s1. The number of nitrogens with one attached hydrogen (secondary N) is 1. The highest BCUT2D eigenvalue weighted by atomic mass is 19.3. The molecule has 2 N–H and O–H groups in total. The highest BCUT2D eigenvalue weighted by Crippen LogP contribution is 2.55. The molecule has 0 radical (unpaired) electrons. The molecule has 2 saturated heterocycles. The van der Waals surface area contributed by atoms with Gasteiger partial charge in [-0.2, -0.15) is 0 Å². The van der Waals surface area contributed by atoms with Crippen LogP contribution >= 0.6 is 0 Å². The Hall–Kier alpha value is -0.790. The summed E-state index contributed by atoms with van der Waals surface area (Å²) in [7, 11) is 0. The fourth-order valence-electron chi connectivity index (χ4n) is 8.62. The number of β-amino-alcohol motifs (C(OH)–C–C–N with tert-alkyl or cyclic N) is 1. The van der Waals surface area contributed by atoms with E-state index in [4.69, 9.17) is 0 Å². The summed E-state index contributed by atoms with van der Waals surface area (Å²) >= 11 is 0. The minimum atomic E-state index is -2.61. The van der Waals surface area contributed by atoms with E-state index in [2.05, 4.69) is 15.1 Å². The molecule has 0 aromatic heterocycles. The Balaban J connectivity index is 1.01. The smallest absolute Gasteiger partial charge is 0.248 e. The van der Waals surface area contributed by atoms with Crippen LogP contribution in [-0.4, -0.2) is 76.1 Å². The molecule has 2 aliphatic heterocycles. The molecule has 174 valence electrons. The number of alkyl halides is 2. The van der Waals surface area contributed by atoms with Gasteiger partial charge >= 0.3 is 0 Å². The number of fused-ring (bicyclic) bond motifs is 2. The number of carbonyl (C=O) groups excluding carboxylic acids is 1. The van der Waals surface area contributed by atoms with E-state index in [0.717, 1.165) is 37.3 Å². The molecule has 0 spiro atoms. The van der Waals surface area contributed by atoms with Crippen molar-refractivity contribution in [1.82, 2.24) is 15.1 Å². The number of piperazine rings is 1. The van der Waals surface area contributed by atoms with Crippen LogP contribution in [-0.2, 0) is 4.79 Å². The predicted octanol–water partition coefficient (Wildman–Crippen LogP) is 2.77. The fraction of sp³-hybridized carbons (Fsp3) is 0.958. The second kappa shape index (κ2) is 7.10. The Morgan fingerprint density at radius 1 is 0.871 bits per heavy atom. The maximum atomic E-state index is 13.5. The molecule has 0 aromatic carbocycles. The summed E-state index contributed by atoms with van der Waals surface area (Å²) < 4.78 is 27.0. The van der Waals surface area contributed by atoms with Gasteiger partial charge in [-0.3, -0.25) is 14.6 Å². The van der Waals surface area contributed by atoms with Crippen molar-refractivity contribution in [2.75, 3.05) is 26.2 Å². The average molecular weight is 438 g/mol. The minimum absolute atomic E-state index is 0.0723. The first-order valence-electron chi connectivity index (χ1n) is 12.6. The Labute approximate surface area is 183 Å². The van der Waals surface area contributed by atoms with Gasteiger partial charge in [0.05, 0.1) is 12.1 Å². The van der Waals surface area contributed by atoms with Crippen molar-refractivity contribution >= 4 is 5.91 Å². The third-order valence-electron chi connectivity index (χ3n) is 9.67. The number of hydrogen-bond donors (Lipinski definition) is 2. The van der Waals surface area contributed by atoms with E-state index in [0.29, 0.717) is 25.2 Å². The number of halogens is 2. The minimum Gasteiger partial charge on any atom is -0.389 e. The molecule has 0 aromatic rings. The predicted molar refractivity (Wildman–Crippen MR) is 113 cm³/mol. The van der Waals surface area contributed by atoms with Crippen LogP contribution < -0.4 is 5.32 Å². The first kappa shape index (κ1) is 20.8. The molecule has 5 saturated carbocycles. The van der Waals surface area contributed by atoms with Gasteiger partial charge in [0.25, 0.3) is 0 Å². The van der Waals surface area contributed by atoms with E-state index in [-0.39, 0.29) is 37.1 Å². The van der Waals surface area contributed by atoms with Crippen molar-refractivity contribution in [3.8, 4) is 0 Å². The second-order valence-electron chi connectivity index (χ2n) is 12.2. The summed E-state index contributed by atoms with van der Waals surface area (Å²) in [5.41, 5.74) is -0.907. The SMILES string of the molecule is O=C(CN1C[C@@H]2C[C@H]1CN2CC1(O)CCC(F)(F)CC1)NC12CC3CC(CC(C3)C1)C2. The lowest BCUT2D eigenvalue weighted by atomic mass is 9.53. The molecule has 2 atom stereocenters. The summed E-state index contributed by atoms with van der Waals surface area (Å²) in [6.45, 7) is 2.67. The lowest BCUT2D eigenvalue weighted by Gasteiger charge is -2.57. The van der Waals surface area contributed by atoms with Crippen molar-refractivity contribution in [2.45, 2.75) is 99.8 Å². The lowest BCUT2D eigenvalue weighted by Crippen LogP contribution is -2.61. The van der Waals surface area contributed by atoms with E-state index in [9.17, 15) is 18.7 Å². The number of hydrogen-bond acceptors (Lipinski definition) is 4. The van der Waals surface area contributed by atoms with Crippen LogP contribution in [0.4, 0.5) is 8.78 Å². The highest BCUT2D eigenvalue weighted by molar-refractivity contribution is 5.79. The molecule has 7 aliphatic rings. The van der Waals surface area contributed by atoms with Crippen LogP contribution in [0.3, 0.4) is 0 Å². The zero-order valence-corrected chi connectivity index (χ0v) is 18.5. The molecule has 6 bridgehead atoms. The van der Waals surface area contributed by atoms with Gasteiger partial charge in [0.15, 0.2) is 0 Å². The van der Waals surface area contributed by atoms with E-state index in [1.54, 1.807) is 0 Å². The molecular weight excluding hydrogens is 400 g/mol. The van der Waals surface area contributed by atoms with E-state index in [1.807, 2.05) is 0 Å². The van der Waals surface area contributed by atoms with Gasteiger partial charge < -0.3 is 10.4 Å². The molecule has 2 heterocycles. The van der Waals surface area contributed by atoms with Crippen LogP contribution in [0, 0.1) is 17.8 Å². The number of rotatable bonds is 5. The topological polar surface area (TPSA) is 55.8 Å². The zero-order chi connectivity index (χ0) is 21.4. The van der Waals surface area contributed by atoms with Gasteiger partial charge in [-0.05, 0) is 75.5 Å². The van der Waals surface area contributed by atoms with Crippen LogP contribution in [0.25, 0.3) is 0 Å². The molecule has 5 nitrogen and oxygen atoms in total. The van der Waals surface area contributed by atoms with E-state index in [1.165, 1.54) is 38.5 Å². The summed E-state index contributed by atoms with van der Waals surface area (Å²) in [5.74, 6) is 0.0569. The van der Waals surface area contributed by atoms with Crippen molar-refractivity contribution in [2.24, 2.45) is 17.8 Å². The van der Waals surface area contributed by atoms with Crippen molar-refractivity contribution in [1.29, 1.82) is 0 Å². The van der Waals surface area contributed by atoms with Gasteiger partial charge in [0.1, 0.15) is 0 Å². The molecule has 5 aliphatic carbocycles. The van der Waals surface area contributed by atoms with Crippen molar-refractivity contribution in [3.63, 3.8) is 0 Å². The Morgan fingerprint density at radius 2 is 1.42 bits per heavy atom. The van der Waals surface area contributed by atoms with Crippen LogP contribution in [0.5, 0.6) is 0 Å². The zero-order valence-electron chi connectivity index (χ0n) is 18.5. The van der Waals surface area contributed by atoms with E-state index < -0.39 is 11.5 Å². The monoisotopic (exact) mass is 437 g/mol. The number of nitrogens with zero attached hydrogens (tertiary/aromatic N) is 2. The number of carbonyl (C=O) groups is 1. The number of likely N-dealkylation sites (tertiary alicyclic amines) is 2. The molecule has 7 rings (SSSR count). The molecule has 7 heteroatoms. The maximum absolute atomic E-state index is 13.5. The molecule has 7 fully saturated rings. The summed E-state index contributed by atoms with van der Waals surface area (Å²) in [5, 5.41) is 14.3. The first-order valence-corrected chi connectivity index (χ1v) is 12.6. The third kappa shape index (κ3) is 3.93. The van der Waals surface area contributed by atoms with Crippen molar-refractivity contribution < 1.29 is 18.7 Å². The average Bonchev–Trinajstić information content (AvgIpc) is 3.23. The fourth-order valence-corrected chi connectivity index (χ4v) is 8.62. The quantitative estimate of drug-likeness (QED) is 0.695. The Kier molecular flexibility index (Phi) is 4.76. The highest BCUT2D eigenvalue weighted by Gasteiger charge is 2.52. The molecule has 1 amide bonds. The maximum Gasteiger partial charge on any atom is 0.248 e. The van der Waals surface area contributed by atoms with E-state index >= 15 is 0 Å². The third-order valence-corrected chi connectivity index (χ3v) is 9.67. The first-order chi connectivity index (χ1) is 14.7. The molecular formula is C24H37F2N3O2. The van der Waals surface area contributed by atoms with Gasteiger partial charge in [-0.25, -0.2) is 8.78 Å². The van der Waals surface area contributed by atoms with Gasteiger partial charge in [-0.1, -0.05) is 0 Å². The summed E-state index contributed by atoms with van der Waals surface area (Å²) in [4.78, 5) is 17.6. The number of amides is 1. The normalized spacial score (nSPS) is 45.3. The van der Waals surface area contributed by atoms with Crippen molar-refractivity contribution in [3.05, 3.63) is 0 Å². The second-order valence-corrected chi connectivity index (χ2v) is 12.2. The lowest BCUT2D eigenvalue weighted by molar-refractivity contribution is -0.129. The Bertz CT molecular complexity index is 699. The molecule has 0 unspecified atom stereocenters. The molecule has 31 heavy (non-hydrogen) atoms. The van der Waals surface area contributed by atoms with Gasteiger partial charge in [0.2, 0.25) is 11.8 Å². The van der Waals surface area contributed by atoms with Crippen LogP contribution in [0.2, 0.25) is 0 Å². The van der Waals surface area contributed by atoms with Crippen LogP contribution in [0.1, 0.15) is 70.6 Å². The summed E-state index contributed by atoms with van der Waals surface area (Å²) in [6, 6.07) is 0.685.